The van der Waals surface area contributed by atoms with Crippen LogP contribution in [-0.2, 0) is 34.8 Å². The lowest BCUT2D eigenvalue weighted by molar-refractivity contribution is 0.590. The molecule has 2 heterocycles. The Morgan fingerprint density at radius 3 is 2.54 bits per heavy atom. The summed E-state index contributed by atoms with van der Waals surface area (Å²) in [6.07, 6.45) is 3.39. The van der Waals surface area contributed by atoms with Crippen molar-refractivity contribution >= 4 is 26.3 Å². The molecule has 24 heavy (non-hydrogen) atoms. The van der Waals surface area contributed by atoms with E-state index in [1.165, 1.54) is 5.56 Å². The first kappa shape index (κ1) is 16.8. The maximum absolute atomic E-state index is 13.1. The topological polar surface area (TPSA) is 52.7 Å². The number of para-hydroxylation sites is 1. The lowest BCUT2D eigenvalue weighted by atomic mass is 9.85. The third-order valence-electron chi connectivity index (χ3n) is 4.23. The Bertz CT molecular complexity index is 1000. The lowest BCUT2D eigenvalue weighted by Gasteiger charge is -2.20. The average Bonchev–Trinajstić information content (AvgIpc) is 3.03. The molecule has 2 aromatic heterocycles. The van der Waals surface area contributed by atoms with Gasteiger partial charge in [-0.1, -0.05) is 39.0 Å². The van der Waals surface area contributed by atoms with E-state index >= 15 is 0 Å². The molecule has 0 aliphatic carbocycles. The van der Waals surface area contributed by atoms with Crippen LogP contribution < -0.4 is 0 Å². The van der Waals surface area contributed by atoms with Crippen LogP contribution in [0, 0.1) is 0 Å². The molecule has 0 spiro atoms. The Labute approximate surface area is 143 Å². The van der Waals surface area contributed by atoms with E-state index in [1.54, 1.807) is 17.1 Å². The molecule has 1 unspecified atom stereocenters. The summed E-state index contributed by atoms with van der Waals surface area (Å²) in [5.41, 5.74) is 3.17. The van der Waals surface area contributed by atoms with Crippen molar-refractivity contribution in [2.45, 2.75) is 36.8 Å². The average molecular weight is 344 g/mol. The van der Waals surface area contributed by atoms with Crippen molar-refractivity contribution in [3.05, 3.63) is 41.9 Å². The quantitative estimate of drug-likeness (QED) is 0.687. The Hall–Kier alpha value is -2.08. The summed E-state index contributed by atoms with van der Waals surface area (Å²) in [6.45, 7) is 6.57. The zero-order chi connectivity index (χ0) is 17.7. The first-order chi connectivity index (χ1) is 11.1. The van der Waals surface area contributed by atoms with Crippen molar-refractivity contribution in [3.63, 3.8) is 0 Å². The minimum atomic E-state index is -2.48. The predicted molar refractivity (Wildman–Crippen MR) is 99.9 cm³/mol. The van der Waals surface area contributed by atoms with Crippen LogP contribution in [-0.4, -0.2) is 29.6 Å². The number of benzene rings is 1. The second-order valence-corrected chi connectivity index (χ2v) is 9.71. The molecule has 3 aromatic rings. The zero-order valence-electron chi connectivity index (χ0n) is 14.9. The molecular weight excluding hydrogens is 320 g/mol. The molecule has 0 N–H and O–H groups in total. The number of fused-ring (bicyclic) bond motifs is 1. The van der Waals surface area contributed by atoms with Gasteiger partial charge < -0.3 is 0 Å². The molecule has 0 bridgehead atoms. The highest BCUT2D eigenvalue weighted by molar-refractivity contribution is 7.99. The van der Waals surface area contributed by atoms with Crippen LogP contribution in [0.25, 0.3) is 10.9 Å². The van der Waals surface area contributed by atoms with Crippen LogP contribution in [0.4, 0.5) is 0 Å². The van der Waals surface area contributed by atoms with Gasteiger partial charge in [-0.05, 0) is 16.8 Å². The summed E-state index contributed by atoms with van der Waals surface area (Å²) in [4.78, 5) is 0.663. The largest absolute Gasteiger partial charge is 0.275 e. The molecule has 5 nitrogen and oxygen atoms in total. The molecule has 128 valence electrons. The van der Waals surface area contributed by atoms with Gasteiger partial charge in [-0.3, -0.25) is 13.6 Å². The molecule has 0 aliphatic heterocycles. The van der Waals surface area contributed by atoms with E-state index in [0.717, 1.165) is 16.6 Å². The fraction of sp³-hybridized carbons (Fsp3) is 0.389. The van der Waals surface area contributed by atoms with Gasteiger partial charge in [0.2, 0.25) is 0 Å². The molecule has 0 aliphatic rings. The van der Waals surface area contributed by atoms with E-state index in [1.807, 2.05) is 30.9 Å². The molecule has 6 heteroatoms. The molecule has 0 radical (unpaired) electrons. The van der Waals surface area contributed by atoms with E-state index in [4.69, 9.17) is 0 Å². The predicted octanol–water partition coefficient (Wildman–Crippen LogP) is 2.88. The molecule has 0 saturated heterocycles. The summed E-state index contributed by atoms with van der Waals surface area (Å²) in [5, 5.41) is 9.81. The number of hydrogen-bond donors (Lipinski definition) is 0. The van der Waals surface area contributed by atoms with Crippen molar-refractivity contribution < 1.29 is 4.21 Å². The van der Waals surface area contributed by atoms with Crippen LogP contribution in [0.1, 0.15) is 32.0 Å². The van der Waals surface area contributed by atoms with Crippen molar-refractivity contribution in [1.82, 2.24) is 19.6 Å². The van der Waals surface area contributed by atoms with Gasteiger partial charge in [0.25, 0.3) is 0 Å². The highest BCUT2D eigenvalue weighted by atomic mass is 32.2. The van der Waals surface area contributed by atoms with Gasteiger partial charge in [0, 0.05) is 35.2 Å². The van der Waals surface area contributed by atoms with Crippen LogP contribution in [0.5, 0.6) is 0 Å². The minimum Gasteiger partial charge on any atom is -0.275 e. The number of aromatic nitrogens is 4. The number of rotatable bonds is 3. The minimum absolute atomic E-state index is 0.0137. The van der Waals surface area contributed by atoms with Gasteiger partial charge in [0.1, 0.15) is 0 Å². The van der Waals surface area contributed by atoms with E-state index in [0.29, 0.717) is 10.6 Å². The molecule has 0 amide bonds. The van der Waals surface area contributed by atoms with Crippen LogP contribution in [0.3, 0.4) is 0 Å². The normalized spacial score (nSPS) is 14.9. The number of hydrogen-bond acceptors (Lipinski definition) is 3. The van der Waals surface area contributed by atoms with Gasteiger partial charge in [0.15, 0.2) is 0 Å². The summed E-state index contributed by atoms with van der Waals surface area (Å²) in [5.74, 6) is 4.27. The van der Waals surface area contributed by atoms with Crippen LogP contribution in [0.15, 0.2) is 35.5 Å². The fourth-order valence-electron chi connectivity index (χ4n) is 3.02. The van der Waals surface area contributed by atoms with Gasteiger partial charge in [-0.25, -0.2) is 0 Å². The summed E-state index contributed by atoms with van der Waals surface area (Å²) < 4.78 is 16.6. The summed E-state index contributed by atoms with van der Waals surface area (Å²) in [6, 6.07) is 6.23. The van der Waals surface area contributed by atoms with Crippen molar-refractivity contribution in [2.75, 3.05) is 0 Å². The van der Waals surface area contributed by atoms with E-state index in [2.05, 4.69) is 42.9 Å². The maximum Gasteiger partial charge on any atom is 0.0825 e. The van der Waals surface area contributed by atoms with Gasteiger partial charge in [0.05, 0.1) is 28.1 Å². The fourth-order valence-corrected chi connectivity index (χ4v) is 4.42. The van der Waals surface area contributed by atoms with Gasteiger partial charge in [-0.2, -0.15) is 10.2 Å². The third-order valence-corrected chi connectivity index (χ3v) is 6.04. The van der Waals surface area contributed by atoms with Gasteiger partial charge >= 0.3 is 0 Å². The second kappa shape index (κ2) is 5.48. The summed E-state index contributed by atoms with van der Waals surface area (Å²) >= 11 is 0. The first-order valence-corrected chi connectivity index (χ1v) is 9.78. The van der Waals surface area contributed by atoms with E-state index in [-0.39, 0.29) is 5.41 Å². The molecule has 0 saturated carbocycles. The van der Waals surface area contributed by atoms with E-state index in [9.17, 15) is 4.21 Å². The lowest BCUT2D eigenvalue weighted by Crippen LogP contribution is -2.12. The van der Waals surface area contributed by atoms with Crippen molar-refractivity contribution in [2.24, 2.45) is 14.1 Å². The number of aryl methyl sites for hydroxylation is 2. The maximum atomic E-state index is 13.1. The smallest absolute Gasteiger partial charge is 0.0825 e. The Balaban J connectivity index is 2.12. The Morgan fingerprint density at radius 1 is 1.25 bits per heavy atom. The molecule has 1 atom stereocenters. The standard InChI is InChI=1S/C18H24N4OS/c1-18(2,3)15-9-7-8-14-16(20-22(5)17(14)15)12-24(6,23)13-10-19-21(4)11-13/h7-11H,6,12H2,1-5H3. The monoisotopic (exact) mass is 344 g/mol. The molecule has 1 aromatic carbocycles. The number of nitrogens with zero attached hydrogens (tertiary/aromatic N) is 4. The van der Waals surface area contributed by atoms with Gasteiger partial charge in [-0.15, -0.1) is 0 Å². The highest BCUT2D eigenvalue weighted by Gasteiger charge is 2.22. The van der Waals surface area contributed by atoms with Crippen LogP contribution >= 0.6 is 0 Å². The van der Waals surface area contributed by atoms with Crippen molar-refractivity contribution in [3.8, 4) is 0 Å². The van der Waals surface area contributed by atoms with E-state index < -0.39 is 9.52 Å². The summed E-state index contributed by atoms with van der Waals surface area (Å²) in [7, 11) is 1.27. The molecule has 3 rings (SSSR count). The third kappa shape index (κ3) is 2.86. The second-order valence-electron chi connectivity index (χ2n) is 7.33. The highest BCUT2D eigenvalue weighted by Crippen LogP contribution is 2.32. The first-order valence-electron chi connectivity index (χ1n) is 7.88. The molecular formula is C18H24N4OS. The zero-order valence-corrected chi connectivity index (χ0v) is 15.7. The molecule has 0 fully saturated rings. The van der Waals surface area contributed by atoms with Crippen molar-refractivity contribution in [1.29, 1.82) is 0 Å². The Kier molecular flexibility index (Phi) is 3.83. The van der Waals surface area contributed by atoms with Crippen LogP contribution in [0.2, 0.25) is 0 Å². The SMILES string of the molecule is C=S(=O)(Cc1nn(C)c2c(C(C)(C)C)cccc12)c1cnn(C)c1. The Morgan fingerprint density at radius 2 is 1.96 bits per heavy atom.